The fraction of sp³-hybridized carbons (Fsp3) is 0.276. The molecular weight excluding hydrogens is 498 g/mol. The average molecular weight is 528 g/mol. The van der Waals surface area contributed by atoms with Crippen LogP contribution in [0.25, 0.3) is 31.7 Å². The number of thiophene rings is 1. The van der Waals surface area contributed by atoms with Crippen molar-refractivity contribution in [3.05, 3.63) is 77.2 Å². The Hall–Kier alpha value is -3.33. The van der Waals surface area contributed by atoms with Gasteiger partial charge in [-0.2, -0.15) is 0 Å². The molecule has 1 amide bonds. The Balaban J connectivity index is 1.06. The third-order valence-electron chi connectivity index (χ3n) is 6.94. The zero-order valence-electron chi connectivity index (χ0n) is 20.8. The molecule has 37 heavy (non-hydrogen) atoms. The highest BCUT2D eigenvalue weighted by molar-refractivity contribution is 7.22. The van der Waals surface area contributed by atoms with Crippen LogP contribution >= 0.6 is 22.7 Å². The van der Waals surface area contributed by atoms with Crippen molar-refractivity contribution in [1.82, 2.24) is 20.2 Å². The van der Waals surface area contributed by atoms with Gasteiger partial charge in [-0.15, -0.1) is 11.3 Å². The lowest BCUT2D eigenvalue weighted by molar-refractivity contribution is 0.0949. The van der Waals surface area contributed by atoms with Crippen LogP contribution in [-0.2, 0) is 6.42 Å². The maximum Gasteiger partial charge on any atom is 0.252 e. The Bertz CT molecular complexity index is 1540. The van der Waals surface area contributed by atoms with Crippen molar-refractivity contribution >= 4 is 54.8 Å². The second-order valence-electron chi connectivity index (χ2n) is 9.29. The predicted molar refractivity (Wildman–Crippen MR) is 155 cm³/mol. The molecule has 0 spiro atoms. The summed E-state index contributed by atoms with van der Waals surface area (Å²) in [6, 6.07) is 20.4. The highest BCUT2D eigenvalue weighted by Gasteiger charge is 2.20. The number of piperazine rings is 1. The summed E-state index contributed by atoms with van der Waals surface area (Å²) < 4.78 is 1.27. The van der Waals surface area contributed by atoms with Crippen molar-refractivity contribution < 1.29 is 4.79 Å². The Morgan fingerprint density at radius 3 is 2.65 bits per heavy atom. The number of aryl methyl sites for hydroxylation is 1. The van der Waals surface area contributed by atoms with Gasteiger partial charge in [0.15, 0.2) is 5.13 Å². The zero-order chi connectivity index (χ0) is 25.2. The molecule has 4 heterocycles. The van der Waals surface area contributed by atoms with Gasteiger partial charge in [-0.05, 0) is 47.7 Å². The third kappa shape index (κ3) is 5.09. The second-order valence-corrected chi connectivity index (χ2v) is 11.2. The molecule has 1 N–H and O–H groups in total. The average Bonchev–Trinajstić information content (AvgIpc) is 3.63. The third-order valence-corrected chi connectivity index (χ3v) is 8.91. The minimum atomic E-state index is -0.0454. The topological polar surface area (TPSA) is 61.4 Å². The van der Waals surface area contributed by atoms with Crippen molar-refractivity contribution in [1.29, 1.82) is 0 Å². The first kappa shape index (κ1) is 24.0. The van der Waals surface area contributed by atoms with Crippen LogP contribution in [0.3, 0.4) is 0 Å². The lowest BCUT2D eigenvalue weighted by Crippen LogP contribution is -2.48. The Labute approximate surface area is 224 Å². The predicted octanol–water partition coefficient (Wildman–Crippen LogP) is 5.69. The number of para-hydroxylation sites is 1. The molecular formula is C29H29N5OS2. The minimum Gasteiger partial charge on any atom is -0.351 e. The highest BCUT2D eigenvalue weighted by atomic mass is 32.1. The lowest BCUT2D eigenvalue weighted by atomic mass is 10.1. The van der Waals surface area contributed by atoms with Crippen LogP contribution in [0.5, 0.6) is 0 Å². The number of aromatic nitrogens is 2. The van der Waals surface area contributed by atoms with Crippen molar-refractivity contribution in [3.63, 3.8) is 0 Å². The minimum absolute atomic E-state index is 0.0454. The van der Waals surface area contributed by atoms with Gasteiger partial charge in [0, 0.05) is 44.7 Å². The number of pyridine rings is 1. The molecule has 1 aliphatic heterocycles. The summed E-state index contributed by atoms with van der Waals surface area (Å²) in [5.74, 6) is -0.0454. The number of benzene rings is 2. The van der Waals surface area contributed by atoms with E-state index in [-0.39, 0.29) is 5.91 Å². The normalized spacial score (nSPS) is 14.5. The number of hydrogen-bond donors (Lipinski definition) is 1. The fourth-order valence-electron chi connectivity index (χ4n) is 4.81. The largest absolute Gasteiger partial charge is 0.351 e. The molecule has 8 heteroatoms. The molecule has 3 aromatic heterocycles. The number of thiazole rings is 1. The van der Waals surface area contributed by atoms with Crippen molar-refractivity contribution in [2.24, 2.45) is 0 Å². The summed E-state index contributed by atoms with van der Waals surface area (Å²) in [6.07, 6.45) is 1.05. The van der Waals surface area contributed by atoms with Crippen LogP contribution in [0, 0.1) is 0 Å². The number of rotatable bonds is 7. The van der Waals surface area contributed by atoms with Crippen LogP contribution in [-0.4, -0.2) is 60.0 Å². The van der Waals surface area contributed by atoms with Crippen LogP contribution in [0.4, 0.5) is 5.13 Å². The van der Waals surface area contributed by atoms with Crippen LogP contribution in [0.2, 0.25) is 0 Å². The number of carbonyl (C=O) groups excluding carboxylic acids is 1. The number of nitrogens with zero attached hydrogens (tertiary/aromatic N) is 4. The highest BCUT2D eigenvalue weighted by Crippen LogP contribution is 2.30. The molecule has 0 atom stereocenters. The number of amides is 1. The van der Waals surface area contributed by atoms with Gasteiger partial charge in [0.05, 0.1) is 31.9 Å². The number of nitrogens with one attached hydrogen (secondary N) is 1. The number of hydrogen-bond acceptors (Lipinski definition) is 7. The molecule has 0 aliphatic carbocycles. The molecule has 1 aliphatic rings. The fourth-order valence-corrected chi connectivity index (χ4v) is 6.58. The van der Waals surface area contributed by atoms with Crippen LogP contribution in [0.15, 0.2) is 66.0 Å². The van der Waals surface area contributed by atoms with E-state index in [9.17, 15) is 4.79 Å². The number of carbonyl (C=O) groups is 1. The summed E-state index contributed by atoms with van der Waals surface area (Å²) in [5.41, 5.74) is 4.82. The molecule has 2 aromatic carbocycles. The first-order chi connectivity index (χ1) is 18.2. The smallest absolute Gasteiger partial charge is 0.252 e. The summed E-state index contributed by atoms with van der Waals surface area (Å²) >= 11 is 3.42. The Morgan fingerprint density at radius 2 is 1.84 bits per heavy atom. The van der Waals surface area contributed by atoms with E-state index < -0.39 is 0 Å². The van der Waals surface area contributed by atoms with Gasteiger partial charge >= 0.3 is 0 Å². The van der Waals surface area contributed by atoms with Gasteiger partial charge in [-0.25, -0.2) is 9.97 Å². The van der Waals surface area contributed by atoms with Gasteiger partial charge in [-0.1, -0.05) is 48.6 Å². The molecule has 1 fully saturated rings. The van der Waals surface area contributed by atoms with Crippen LogP contribution in [0.1, 0.15) is 22.8 Å². The van der Waals surface area contributed by atoms with Gasteiger partial charge < -0.3 is 10.2 Å². The summed E-state index contributed by atoms with van der Waals surface area (Å²) in [5, 5.41) is 7.18. The maximum absolute atomic E-state index is 13.2. The van der Waals surface area contributed by atoms with E-state index in [1.165, 1.54) is 10.3 Å². The molecule has 0 radical (unpaired) electrons. The lowest BCUT2D eigenvalue weighted by Gasteiger charge is -2.34. The molecule has 6 nitrogen and oxygen atoms in total. The van der Waals surface area contributed by atoms with E-state index in [0.29, 0.717) is 12.1 Å². The van der Waals surface area contributed by atoms with Gasteiger partial charge in [0.25, 0.3) is 5.91 Å². The molecule has 188 valence electrons. The van der Waals surface area contributed by atoms with E-state index in [1.54, 1.807) is 22.7 Å². The second kappa shape index (κ2) is 10.6. The molecule has 0 unspecified atom stereocenters. The summed E-state index contributed by atoms with van der Waals surface area (Å²) in [4.78, 5) is 28.7. The first-order valence-electron chi connectivity index (χ1n) is 12.8. The summed E-state index contributed by atoms with van der Waals surface area (Å²) in [7, 11) is 0. The Kier molecular flexibility index (Phi) is 6.87. The monoisotopic (exact) mass is 527 g/mol. The summed E-state index contributed by atoms with van der Waals surface area (Å²) in [6.45, 7) is 7.47. The molecule has 0 saturated carbocycles. The van der Waals surface area contributed by atoms with E-state index in [1.807, 2.05) is 47.8 Å². The van der Waals surface area contributed by atoms with Gasteiger partial charge in [0.1, 0.15) is 0 Å². The van der Waals surface area contributed by atoms with E-state index >= 15 is 0 Å². The van der Waals surface area contributed by atoms with E-state index in [0.717, 1.165) is 71.3 Å². The number of fused-ring (bicyclic) bond motifs is 2. The SMILES string of the molecule is CCc1ccc2nc(N3CCN(CCNC(=O)c4cc(-c5cccs5)nc5ccccc45)CC3)sc2c1. The maximum atomic E-state index is 13.2. The quantitative estimate of drug-likeness (QED) is 0.295. The molecule has 0 bridgehead atoms. The zero-order valence-corrected chi connectivity index (χ0v) is 22.4. The van der Waals surface area contributed by atoms with Crippen molar-refractivity contribution in [2.75, 3.05) is 44.2 Å². The van der Waals surface area contributed by atoms with Gasteiger partial charge in [-0.3, -0.25) is 9.69 Å². The standard InChI is InChI=1S/C29H29N5OS2/c1-2-20-9-10-24-27(18-20)37-29(32-24)34-15-13-33(14-16-34)12-11-30-28(35)22-19-25(26-8-5-17-36-26)31-23-7-4-3-6-21(22)23/h3-10,17-19H,2,11-16H2,1H3,(H,30,35). The molecule has 1 saturated heterocycles. The Morgan fingerprint density at radius 1 is 0.973 bits per heavy atom. The van der Waals surface area contributed by atoms with Crippen molar-refractivity contribution in [3.8, 4) is 10.6 Å². The molecule has 6 rings (SSSR count). The number of anilines is 1. The first-order valence-corrected chi connectivity index (χ1v) is 14.5. The van der Waals surface area contributed by atoms with E-state index in [4.69, 9.17) is 9.97 Å². The van der Waals surface area contributed by atoms with Gasteiger partial charge in [0.2, 0.25) is 0 Å². The molecule has 5 aromatic rings. The van der Waals surface area contributed by atoms with Crippen LogP contribution < -0.4 is 10.2 Å². The van der Waals surface area contributed by atoms with Crippen molar-refractivity contribution in [2.45, 2.75) is 13.3 Å². The van der Waals surface area contributed by atoms with E-state index in [2.05, 4.69) is 40.2 Å².